The van der Waals surface area contributed by atoms with Crippen molar-refractivity contribution in [3.8, 4) is 5.75 Å². The van der Waals surface area contributed by atoms with E-state index in [2.05, 4.69) is 0 Å². The molecule has 1 aliphatic rings. The van der Waals surface area contributed by atoms with Crippen LogP contribution in [0.1, 0.15) is 27.5 Å². The first-order chi connectivity index (χ1) is 13.0. The SMILES string of the molecule is COc1cc(C(=O)N2CCN(C(=O)C(N)c3ccccc3)CC2)ccc1C. The van der Waals surface area contributed by atoms with Crippen LogP contribution in [-0.4, -0.2) is 54.9 Å². The van der Waals surface area contributed by atoms with E-state index < -0.39 is 6.04 Å². The predicted octanol–water partition coefficient (Wildman–Crippen LogP) is 1.99. The Morgan fingerprint density at radius 3 is 2.26 bits per heavy atom. The third-order valence-corrected chi connectivity index (χ3v) is 4.96. The Bertz CT molecular complexity index is 815. The van der Waals surface area contributed by atoms with E-state index in [1.807, 2.05) is 49.4 Å². The molecule has 0 aromatic heterocycles. The van der Waals surface area contributed by atoms with Gasteiger partial charge in [-0.15, -0.1) is 0 Å². The molecule has 2 amide bonds. The molecule has 1 heterocycles. The Morgan fingerprint density at radius 1 is 1.00 bits per heavy atom. The maximum Gasteiger partial charge on any atom is 0.254 e. The summed E-state index contributed by atoms with van der Waals surface area (Å²) in [6.07, 6.45) is 0. The van der Waals surface area contributed by atoms with Crippen molar-refractivity contribution in [1.29, 1.82) is 0 Å². The van der Waals surface area contributed by atoms with Crippen molar-refractivity contribution in [2.45, 2.75) is 13.0 Å². The zero-order valence-corrected chi connectivity index (χ0v) is 15.7. The second-order valence-corrected chi connectivity index (χ2v) is 6.69. The molecule has 0 saturated carbocycles. The van der Waals surface area contributed by atoms with Crippen LogP contribution in [-0.2, 0) is 4.79 Å². The van der Waals surface area contributed by atoms with Crippen LogP contribution < -0.4 is 10.5 Å². The highest BCUT2D eigenvalue weighted by Crippen LogP contribution is 2.21. The maximum atomic E-state index is 12.8. The van der Waals surface area contributed by atoms with Crippen molar-refractivity contribution in [2.75, 3.05) is 33.3 Å². The average molecular weight is 367 g/mol. The highest BCUT2D eigenvalue weighted by molar-refractivity contribution is 5.95. The lowest BCUT2D eigenvalue weighted by Crippen LogP contribution is -2.52. The maximum absolute atomic E-state index is 12.8. The zero-order valence-electron chi connectivity index (χ0n) is 15.7. The number of amides is 2. The number of benzene rings is 2. The minimum absolute atomic E-state index is 0.0484. The molecule has 6 heteroatoms. The first-order valence-corrected chi connectivity index (χ1v) is 9.04. The van der Waals surface area contributed by atoms with Crippen LogP contribution in [0.2, 0.25) is 0 Å². The zero-order chi connectivity index (χ0) is 19.4. The number of ether oxygens (including phenoxy) is 1. The molecule has 2 aromatic carbocycles. The number of carbonyl (C=O) groups excluding carboxylic acids is 2. The Morgan fingerprint density at radius 2 is 1.63 bits per heavy atom. The van der Waals surface area contributed by atoms with Crippen molar-refractivity contribution < 1.29 is 14.3 Å². The lowest BCUT2D eigenvalue weighted by molar-refractivity contribution is -0.134. The van der Waals surface area contributed by atoms with Crippen molar-refractivity contribution in [1.82, 2.24) is 9.80 Å². The summed E-state index contributed by atoms with van der Waals surface area (Å²) in [4.78, 5) is 28.9. The van der Waals surface area contributed by atoms with Crippen molar-refractivity contribution >= 4 is 11.8 Å². The fourth-order valence-electron chi connectivity index (χ4n) is 3.27. The third-order valence-electron chi connectivity index (χ3n) is 4.96. The van der Waals surface area contributed by atoms with Crippen molar-refractivity contribution in [2.24, 2.45) is 5.73 Å². The number of nitrogens with zero attached hydrogens (tertiary/aromatic N) is 2. The summed E-state index contributed by atoms with van der Waals surface area (Å²) < 4.78 is 5.30. The van der Waals surface area contributed by atoms with Crippen LogP contribution in [0, 0.1) is 6.92 Å². The monoisotopic (exact) mass is 367 g/mol. The average Bonchev–Trinajstić information content (AvgIpc) is 2.73. The summed E-state index contributed by atoms with van der Waals surface area (Å²) in [6.45, 7) is 3.88. The standard InChI is InChI=1S/C21H25N3O3/c1-15-8-9-17(14-18(15)27-2)20(25)23-10-12-24(13-11-23)21(26)19(22)16-6-4-3-5-7-16/h3-9,14,19H,10-13,22H2,1-2H3. The van der Waals surface area contributed by atoms with E-state index in [0.29, 0.717) is 37.5 Å². The normalized spacial score (nSPS) is 15.4. The van der Waals surface area contributed by atoms with Crippen LogP contribution in [0.4, 0.5) is 0 Å². The van der Waals surface area contributed by atoms with Crippen molar-refractivity contribution in [3.63, 3.8) is 0 Å². The molecule has 1 saturated heterocycles. The van der Waals surface area contributed by atoms with E-state index in [4.69, 9.17) is 10.5 Å². The van der Waals surface area contributed by atoms with Crippen LogP contribution in [0.25, 0.3) is 0 Å². The number of nitrogens with two attached hydrogens (primary N) is 1. The van der Waals surface area contributed by atoms with E-state index in [1.165, 1.54) is 0 Å². The number of aryl methyl sites for hydroxylation is 1. The highest BCUT2D eigenvalue weighted by Gasteiger charge is 2.28. The van der Waals surface area contributed by atoms with Gasteiger partial charge in [0.25, 0.3) is 5.91 Å². The van der Waals surface area contributed by atoms with Gasteiger partial charge in [0.2, 0.25) is 5.91 Å². The molecule has 27 heavy (non-hydrogen) atoms. The number of methoxy groups -OCH3 is 1. The Balaban J connectivity index is 1.61. The van der Waals surface area contributed by atoms with Crippen LogP contribution >= 0.6 is 0 Å². The van der Waals surface area contributed by atoms with Crippen LogP contribution in [0.5, 0.6) is 5.75 Å². The van der Waals surface area contributed by atoms with Gasteiger partial charge in [-0.2, -0.15) is 0 Å². The topological polar surface area (TPSA) is 75.9 Å². The minimum atomic E-state index is -0.671. The quantitative estimate of drug-likeness (QED) is 0.897. The smallest absolute Gasteiger partial charge is 0.254 e. The van der Waals surface area contributed by atoms with Gasteiger partial charge in [0.05, 0.1) is 7.11 Å². The van der Waals surface area contributed by atoms with Gasteiger partial charge in [-0.25, -0.2) is 0 Å². The molecule has 0 radical (unpaired) electrons. The summed E-state index contributed by atoms with van der Waals surface area (Å²) in [5, 5.41) is 0. The molecule has 0 bridgehead atoms. The summed E-state index contributed by atoms with van der Waals surface area (Å²) in [6, 6.07) is 14.1. The Kier molecular flexibility index (Phi) is 5.76. The number of piperazine rings is 1. The molecular weight excluding hydrogens is 342 g/mol. The van der Waals surface area contributed by atoms with E-state index in [1.54, 1.807) is 23.0 Å². The van der Waals surface area contributed by atoms with Crippen molar-refractivity contribution in [3.05, 3.63) is 65.2 Å². The number of carbonyl (C=O) groups is 2. The molecule has 0 aliphatic carbocycles. The second-order valence-electron chi connectivity index (χ2n) is 6.69. The Hall–Kier alpha value is -2.86. The largest absolute Gasteiger partial charge is 0.496 e. The molecule has 1 fully saturated rings. The summed E-state index contributed by atoms with van der Waals surface area (Å²) in [5.74, 6) is 0.543. The first kappa shape index (κ1) is 18.9. The summed E-state index contributed by atoms with van der Waals surface area (Å²) in [7, 11) is 1.59. The number of rotatable bonds is 4. The Labute approximate surface area is 159 Å². The van der Waals surface area contributed by atoms with Gasteiger partial charge in [0.15, 0.2) is 0 Å². The number of hydrogen-bond acceptors (Lipinski definition) is 4. The predicted molar refractivity (Wildman–Crippen MR) is 104 cm³/mol. The first-order valence-electron chi connectivity index (χ1n) is 9.04. The minimum Gasteiger partial charge on any atom is -0.496 e. The number of hydrogen-bond donors (Lipinski definition) is 1. The highest BCUT2D eigenvalue weighted by atomic mass is 16.5. The lowest BCUT2D eigenvalue weighted by atomic mass is 10.1. The summed E-state index contributed by atoms with van der Waals surface area (Å²) in [5.41, 5.74) is 8.50. The molecule has 0 spiro atoms. The van der Waals surface area contributed by atoms with Gasteiger partial charge < -0.3 is 20.3 Å². The van der Waals surface area contributed by atoms with Gasteiger partial charge in [-0.1, -0.05) is 36.4 Å². The fraction of sp³-hybridized carbons (Fsp3) is 0.333. The van der Waals surface area contributed by atoms with Gasteiger partial charge in [-0.05, 0) is 30.2 Å². The third kappa shape index (κ3) is 4.11. The van der Waals surface area contributed by atoms with E-state index in [-0.39, 0.29) is 11.8 Å². The van der Waals surface area contributed by atoms with Gasteiger partial charge in [0, 0.05) is 31.7 Å². The fourth-order valence-corrected chi connectivity index (χ4v) is 3.27. The van der Waals surface area contributed by atoms with Crippen LogP contribution in [0.3, 0.4) is 0 Å². The molecule has 142 valence electrons. The molecule has 1 aliphatic heterocycles. The molecule has 6 nitrogen and oxygen atoms in total. The molecule has 3 rings (SSSR count). The van der Waals surface area contributed by atoms with E-state index >= 15 is 0 Å². The second kappa shape index (κ2) is 8.22. The van der Waals surface area contributed by atoms with E-state index in [0.717, 1.165) is 11.1 Å². The molecule has 2 N–H and O–H groups in total. The van der Waals surface area contributed by atoms with Gasteiger partial charge in [-0.3, -0.25) is 9.59 Å². The molecule has 2 aromatic rings. The van der Waals surface area contributed by atoms with E-state index in [9.17, 15) is 9.59 Å². The van der Waals surface area contributed by atoms with Gasteiger partial charge in [0.1, 0.15) is 11.8 Å². The lowest BCUT2D eigenvalue weighted by Gasteiger charge is -2.36. The molecule has 1 unspecified atom stereocenters. The molecular formula is C21H25N3O3. The van der Waals surface area contributed by atoms with Gasteiger partial charge >= 0.3 is 0 Å². The van der Waals surface area contributed by atoms with Crippen LogP contribution in [0.15, 0.2) is 48.5 Å². The molecule has 1 atom stereocenters. The summed E-state index contributed by atoms with van der Waals surface area (Å²) >= 11 is 0.